The van der Waals surface area contributed by atoms with Crippen molar-refractivity contribution in [1.29, 1.82) is 0 Å². The molecule has 188 valence electrons. The Morgan fingerprint density at radius 1 is 0.806 bits per heavy atom. The van der Waals surface area contributed by atoms with Crippen LogP contribution < -0.4 is 0 Å². The number of hydrogen-bond acceptors (Lipinski definition) is 6. The van der Waals surface area contributed by atoms with Gasteiger partial charge in [0, 0.05) is 0 Å². The van der Waals surface area contributed by atoms with Crippen molar-refractivity contribution in [3.63, 3.8) is 0 Å². The quantitative estimate of drug-likeness (QED) is 0.206. The van der Waals surface area contributed by atoms with E-state index in [1.807, 2.05) is 91.0 Å². The van der Waals surface area contributed by atoms with E-state index >= 15 is 0 Å². The first-order valence-electron chi connectivity index (χ1n) is 11.2. The van der Waals surface area contributed by atoms with Crippen molar-refractivity contribution in [2.45, 2.75) is 38.1 Å². The Morgan fingerprint density at radius 3 is 1.75 bits per heavy atom. The molecule has 1 unspecified atom stereocenters. The Kier molecular flexibility index (Phi) is 11.8. The van der Waals surface area contributed by atoms with Crippen molar-refractivity contribution in [3.8, 4) is 12.3 Å². The summed E-state index contributed by atoms with van der Waals surface area (Å²) in [7, 11) is 0. The van der Waals surface area contributed by atoms with Gasteiger partial charge in [0.2, 0.25) is 11.1 Å². The van der Waals surface area contributed by atoms with Crippen LogP contribution in [0.15, 0.2) is 91.0 Å². The lowest BCUT2D eigenvalue weighted by atomic mass is 10.1. The standard InChI is InChI=1S/C28H27ClO6S/c1-2-25(33-19-23-14-8-4-9-15-23)27(34-20-24-16-10-5-11-17-24)26(35-36(31)28(29)30)21-32-18-22-12-6-3-7-13-22/h1,3-17,25-27H,18-21H2/t25-,26+,27+,36?/m0/s1. The molecule has 0 saturated carbocycles. The summed E-state index contributed by atoms with van der Waals surface area (Å²) >= 11 is 2.98. The van der Waals surface area contributed by atoms with Crippen molar-refractivity contribution in [2.24, 2.45) is 0 Å². The Labute approximate surface area is 219 Å². The lowest BCUT2D eigenvalue weighted by Gasteiger charge is -2.30. The third kappa shape index (κ3) is 9.32. The van der Waals surface area contributed by atoms with Gasteiger partial charge in [-0.15, -0.1) is 6.42 Å². The van der Waals surface area contributed by atoms with Crippen molar-refractivity contribution < 1.29 is 27.4 Å². The molecule has 3 aromatic rings. The van der Waals surface area contributed by atoms with E-state index in [-0.39, 0.29) is 26.4 Å². The summed E-state index contributed by atoms with van der Waals surface area (Å²) in [6.07, 6.45) is 3.00. The molecule has 0 aliphatic heterocycles. The first-order valence-corrected chi connectivity index (χ1v) is 12.7. The Balaban J connectivity index is 1.79. The second-order valence-electron chi connectivity index (χ2n) is 7.75. The molecule has 3 rings (SSSR count). The molecule has 0 fully saturated rings. The maximum absolute atomic E-state index is 12.3. The van der Waals surface area contributed by atoms with Gasteiger partial charge >= 0.3 is 4.57 Å². The fraction of sp³-hybridized carbons (Fsp3) is 0.250. The number of carbonyl (C=O) groups is 1. The molecule has 0 aliphatic carbocycles. The van der Waals surface area contributed by atoms with Crippen molar-refractivity contribution >= 4 is 27.3 Å². The number of halogens is 1. The number of rotatable bonds is 14. The van der Waals surface area contributed by atoms with Crippen LogP contribution in [0.1, 0.15) is 16.7 Å². The maximum Gasteiger partial charge on any atom is 0.336 e. The highest BCUT2D eigenvalue weighted by Gasteiger charge is 2.34. The van der Waals surface area contributed by atoms with E-state index in [1.165, 1.54) is 0 Å². The predicted molar refractivity (Wildman–Crippen MR) is 139 cm³/mol. The number of hydrogen-bond donors (Lipinski definition) is 0. The zero-order valence-corrected chi connectivity index (χ0v) is 21.1. The van der Waals surface area contributed by atoms with Gasteiger partial charge in [-0.25, -0.2) is 4.21 Å². The molecule has 0 saturated heterocycles. The van der Waals surface area contributed by atoms with E-state index in [0.717, 1.165) is 16.7 Å². The van der Waals surface area contributed by atoms with Crippen LogP contribution in [0, 0.1) is 12.3 Å². The van der Waals surface area contributed by atoms with Crippen LogP contribution in [0.5, 0.6) is 0 Å². The molecular weight excluding hydrogens is 500 g/mol. The number of terminal acetylenes is 1. The fourth-order valence-corrected chi connectivity index (χ4v) is 3.92. The normalized spacial score (nSPS) is 14.3. The summed E-state index contributed by atoms with van der Waals surface area (Å²) in [6, 6.07) is 28.5. The number of benzene rings is 3. The minimum atomic E-state index is -2.43. The molecule has 0 bridgehead atoms. The van der Waals surface area contributed by atoms with Gasteiger partial charge < -0.3 is 14.2 Å². The maximum atomic E-state index is 12.3. The van der Waals surface area contributed by atoms with Crippen molar-refractivity contribution in [1.82, 2.24) is 0 Å². The molecule has 0 spiro atoms. The summed E-state index contributed by atoms with van der Waals surface area (Å²) in [5, 5.41) is 0. The smallest absolute Gasteiger partial charge is 0.336 e. The lowest BCUT2D eigenvalue weighted by molar-refractivity contribution is -0.120. The van der Waals surface area contributed by atoms with Crippen LogP contribution >= 0.6 is 11.6 Å². The van der Waals surface area contributed by atoms with Crippen LogP contribution in [0.3, 0.4) is 0 Å². The van der Waals surface area contributed by atoms with Gasteiger partial charge in [-0.3, -0.25) is 8.98 Å². The molecule has 8 heteroatoms. The SMILES string of the molecule is C#C[C@H](OCc1ccccc1)[C@@H](OCc1ccccc1)[C@@H](COCc1ccccc1)OS(=O)C(=O)Cl. The van der Waals surface area contributed by atoms with Crippen LogP contribution in [-0.2, 0) is 49.3 Å². The zero-order valence-electron chi connectivity index (χ0n) is 19.5. The molecule has 0 aromatic heterocycles. The van der Waals surface area contributed by atoms with E-state index in [9.17, 15) is 9.00 Å². The highest BCUT2D eigenvalue weighted by molar-refractivity contribution is 7.99. The first kappa shape index (κ1) is 27.8. The van der Waals surface area contributed by atoms with Gasteiger partial charge in [-0.2, -0.15) is 0 Å². The molecule has 4 atom stereocenters. The van der Waals surface area contributed by atoms with E-state index in [1.54, 1.807) is 0 Å². The van der Waals surface area contributed by atoms with Gasteiger partial charge in [0.25, 0.3) is 0 Å². The van der Waals surface area contributed by atoms with Gasteiger partial charge in [0.1, 0.15) is 18.3 Å². The van der Waals surface area contributed by atoms with Crippen LogP contribution in [0.4, 0.5) is 4.79 Å². The summed E-state index contributed by atoms with van der Waals surface area (Å²) in [4.78, 5) is 11.5. The highest BCUT2D eigenvalue weighted by atomic mass is 35.5. The van der Waals surface area contributed by atoms with E-state index in [2.05, 4.69) is 5.92 Å². The Morgan fingerprint density at radius 2 is 1.28 bits per heavy atom. The topological polar surface area (TPSA) is 71.1 Å². The average Bonchev–Trinajstić information content (AvgIpc) is 2.91. The first-order chi connectivity index (χ1) is 17.6. The number of ether oxygens (including phenoxy) is 3. The van der Waals surface area contributed by atoms with Gasteiger partial charge in [0.05, 0.1) is 26.4 Å². The summed E-state index contributed by atoms with van der Waals surface area (Å²) in [5.41, 5.74) is 2.73. The molecule has 36 heavy (non-hydrogen) atoms. The third-order valence-electron chi connectivity index (χ3n) is 5.12. The molecule has 0 N–H and O–H groups in total. The minimum Gasteiger partial charge on any atom is -0.374 e. The Bertz CT molecular complexity index is 1120. The van der Waals surface area contributed by atoms with Gasteiger partial charge in [0.15, 0.2) is 0 Å². The second kappa shape index (κ2) is 15.3. The lowest BCUT2D eigenvalue weighted by Crippen LogP contribution is -2.45. The zero-order chi connectivity index (χ0) is 25.6. The van der Waals surface area contributed by atoms with Crippen molar-refractivity contribution in [2.75, 3.05) is 6.61 Å². The summed E-state index contributed by atoms with van der Waals surface area (Å²) in [5.74, 6) is 2.60. The number of carbonyl (C=O) groups excluding carboxylic acids is 1. The monoisotopic (exact) mass is 526 g/mol. The molecule has 0 radical (unpaired) electrons. The van der Waals surface area contributed by atoms with Crippen LogP contribution in [0.25, 0.3) is 0 Å². The van der Waals surface area contributed by atoms with E-state index < -0.39 is 34.0 Å². The average molecular weight is 527 g/mol. The van der Waals surface area contributed by atoms with E-state index in [4.69, 9.17) is 36.4 Å². The van der Waals surface area contributed by atoms with Crippen LogP contribution in [-0.4, -0.2) is 33.7 Å². The largest absolute Gasteiger partial charge is 0.374 e. The van der Waals surface area contributed by atoms with Crippen molar-refractivity contribution in [3.05, 3.63) is 108 Å². The molecule has 6 nitrogen and oxygen atoms in total. The fourth-order valence-electron chi connectivity index (χ4n) is 3.35. The minimum absolute atomic E-state index is 0.0723. The highest BCUT2D eigenvalue weighted by Crippen LogP contribution is 2.19. The summed E-state index contributed by atoms with van der Waals surface area (Å²) in [6.45, 7) is 0.588. The molecule has 0 aliphatic rings. The van der Waals surface area contributed by atoms with Crippen LogP contribution in [0.2, 0.25) is 0 Å². The third-order valence-corrected chi connectivity index (χ3v) is 6.18. The predicted octanol–water partition coefficient (Wildman–Crippen LogP) is 5.41. The second-order valence-corrected chi connectivity index (χ2v) is 9.35. The Hall–Kier alpha value is -2.83. The molecule has 0 heterocycles. The molecular formula is C28H27ClO6S. The summed E-state index contributed by atoms with van der Waals surface area (Å²) < 4.78 is 34.6. The molecule has 3 aromatic carbocycles. The van der Waals surface area contributed by atoms with Gasteiger partial charge in [-0.1, -0.05) is 96.9 Å². The van der Waals surface area contributed by atoms with Gasteiger partial charge in [-0.05, 0) is 28.3 Å². The molecule has 0 amide bonds. The van der Waals surface area contributed by atoms with E-state index in [0.29, 0.717) is 0 Å².